The van der Waals surface area contributed by atoms with Crippen molar-refractivity contribution in [3.05, 3.63) is 23.7 Å². The minimum Gasteiger partial charge on any atom is -0.468 e. The molecule has 0 saturated carbocycles. The van der Waals surface area contributed by atoms with Crippen molar-refractivity contribution in [2.75, 3.05) is 19.6 Å². The maximum absolute atomic E-state index is 5.53. The highest BCUT2D eigenvalue weighted by Crippen LogP contribution is 2.17. The summed E-state index contributed by atoms with van der Waals surface area (Å²) in [6.07, 6.45) is 4.39. The average molecular weight is 222 g/mol. The second-order valence-electron chi connectivity index (χ2n) is 4.59. The summed E-state index contributed by atoms with van der Waals surface area (Å²) < 4.78 is 5.53. The molecule has 1 unspecified atom stereocenters. The van der Waals surface area contributed by atoms with Gasteiger partial charge in [0.1, 0.15) is 5.76 Å². The fourth-order valence-electron chi connectivity index (χ4n) is 2.39. The van der Waals surface area contributed by atoms with E-state index >= 15 is 0 Å². The van der Waals surface area contributed by atoms with Gasteiger partial charge in [0.25, 0.3) is 0 Å². The monoisotopic (exact) mass is 222 g/mol. The summed E-state index contributed by atoms with van der Waals surface area (Å²) in [6.45, 7) is 8.67. The third-order valence-corrected chi connectivity index (χ3v) is 3.51. The summed E-state index contributed by atoms with van der Waals surface area (Å²) in [4.78, 5) is 2.51. The van der Waals surface area contributed by atoms with E-state index < -0.39 is 0 Å². The lowest BCUT2D eigenvalue weighted by molar-refractivity contribution is 0.154. The van der Waals surface area contributed by atoms with Gasteiger partial charge in [-0.15, -0.1) is 0 Å². The number of aryl methyl sites for hydroxylation is 1. The van der Waals surface area contributed by atoms with Gasteiger partial charge in [0, 0.05) is 12.6 Å². The van der Waals surface area contributed by atoms with Gasteiger partial charge in [-0.3, -0.25) is 4.90 Å². The lowest BCUT2D eigenvalue weighted by Gasteiger charge is -2.33. The Morgan fingerprint density at radius 2 is 2.44 bits per heavy atom. The molecule has 1 N–H and O–H groups in total. The van der Waals surface area contributed by atoms with E-state index in [1.54, 1.807) is 6.26 Å². The number of furan rings is 1. The Labute approximate surface area is 97.8 Å². The van der Waals surface area contributed by atoms with Crippen LogP contribution >= 0.6 is 0 Å². The Morgan fingerprint density at radius 1 is 1.56 bits per heavy atom. The number of nitrogens with zero attached hydrogens (tertiary/aromatic N) is 1. The van der Waals surface area contributed by atoms with Crippen LogP contribution in [0.4, 0.5) is 0 Å². The largest absolute Gasteiger partial charge is 0.468 e. The van der Waals surface area contributed by atoms with Crippen LogP contribution in [0.1, 0.15) is 31.1 Å². The lowest BCUT2D eigenvalue weighted by Crippen LogP contribution is -2.45. The molecule has 0 bridgehead atoms. The van der Waals surface area contributed by atoms with Crippen molar-refractivity contribution in [2.24, 2.45) is 0 Å². The molecule has 1 aliphatic rings. The number of hydrogen-bond acceptors (Lipinski definition) is 3. The van der Waals surface area contributed by atoms with Crippen molar-refractivity contribution in [1.82, 2.24) is 10.2 Å². The van der Waals surface area contributed by atoms with Gasteiger partial charge < -0.3 is 9.73 Å². The van der Waals surface area contributed by atoms with Crippen LogP contribution in [0.3, 0.4) is 0 Å². The fraction of sp³-hybridized carbons (Fsp3) is 0.692. The molecule has 3 nitrogen and oxygen atoms in total. The van der Waals surface area contributed by atoms with Crippen LogP contribution in [-0.2, 0) is 6.54 Å². The lowest BCUT2D eigenvalue weighted by atomic mass is 10.1. The average Bonchev–Trinajstić information content (AvgIpc) is 2.73. The van der Waals surface area contributed by atoms with E-state index in [4.69, 9.17) is 4.42 Å². The molecule has 3 heteroatoms. The number of likely N-dealkylation sites (N-methyl/N-ethyl adjacent to an activating group) is 1. The molecule has 16 heavy (non-hydrogen) atoms. The van der Waals surface area contributed by atoms with Gasteiger partial charge in [0.05, 0.1) is 12.8 Å². The minimum absolute atomic E-state index is 0.670. The first-order valence-electron chi connectivity index (χ1n) is 6.29. The zero-order valence-corrected chi connectivity index (χ0v) is 10.3. The standard InChI is InChI=1S/C13H22N2O/c1-3-15(12-5-4-7-14-9-12)10-13-11(2)6-8-16-13/h6,8,12,14H,3-5,7,9-10H2,1-2H3. The SMILES string of the molecule is CCN(Cc1occc1C)C1CCCNC1. The molecule has 0 radical (unpaired) electrons. The Kier molecular flexibility index (Phi) is 4.02. The van der Waals surface area contributed by atoms with Crippen LogP contribution in [0.2, 0.25) is 0 Å². The Bertz CT molecular complexity index is 315. The highest BCUT2D eigenvalue weighted by Gasteiger charge is 2.20. The van der Waals surface area contributed by atoms with E-state index in [0.29, 0.717) is 6.04 Å². The van der Waals surface area contributed by atoms with Crippen molar-refractivity contribution in [2.45, 2.75) is 39.3 Å². The predicted molar refractivity (Wildman–Crippen MR) is 65.4 cm³/mol. The molecule has 1 fully saturated rings. The zero-order chi connectivity index (χ0) is 11.4. The van der Waals surface area contributed by atoms with E-state index in [1.807, 2.05) is 6.07 Å². The van der Waals surface area contributed by atoms with E-state index in [2.05, 4.69) is 24.1 Å². The van der Waals surface area contributed by atoms with Gasteiger partial charge in [0.2, 0.25) is 0 Å². The van der Waals surface area contributed by atoms with Crippen molar-refractivity contribution in [3.8, 4) is 0 Å². The topological polar surface area (TPSA) is 28.4 Å². The summed E-state index contributed by atoms with van der Waals surface area (Å²) in [7, 11) is 0. The van der Waals surface area contributed by atoms with Gasteiger partial charge in [0.15, 0.2) is 0 Å². The Hall–Kier alpha value is -0.800. The molecule has 2 heterocycles. The highest BCUT2D eigenvalue weighted by atomic mass is 16.3. The smallest absolute Gasteiger partial charge is 0.120 e. The second-order valence-corrected chi connectivity index (χ2v) is 4.59. The number of rotatable bonds is 4. The molecule has 0 amide bonds. The van der Waals surface area contributed by atoms with E-state index in [-0.39, 0.29) is 0 Å². The van der Waals surface area contributed by atoms with Crippen molar-refractivity contribution >= 4 is 0 Å². The van der Waals surface area contributed by atoms with Gasteiger partial charge >= 0.3 is 0 Å². The van der Waals surface area contributed by atoms with Crippen LogP contribution in [0, 0.1) is 6.92 Å². The first-order chi connectivity index (χ1) is 7.81. The molecule has 1 aliphatic heterocycles. The normalized spacial score (nSPS) is 21.6. The summed E-state index contributed by atoms with van der Waals surface area (Å²) >= 11 is 0. The molecule has 1 aromatic rings. The third-order valence-electron chi connectivity index (χ3n) is 3.51. The second kappa shape index (κ2) is 5.51. The maximum Gasteiger partial charge on any atom is 0.120 e. The molecule has 0 spiro atoms. The molecule has 1 atom stereocenters. The van der Waals surface area contributed by atoms with Gasteiger partial charge in [-0.05, 0) is 44.5 Å². The molecular formula is C13H22N2O. The van der Waals surface area contributed by atoms with Gasteiger partial charge in [-0.25, -0.2) is 0 Å². The summed E-state index contributed by atoms with van der Waals surface area (Å²) in [6, 6.07) is 2.71. The molecule has 90 valence electrons. The van der Waals surface area contributed by atoms with E-state index in [9.17, 15) is 0 Å². The van der Waals surface area contributed by atoms with E-state index in [0.717, 1.165) is 25.4 Å². The third kappa shape index (κ3) is 2.66. The molecular weight excluding hydrogens is 200 g/mol. The number of nitrogens with one attached hydrogen (secondary N) is 1. The Balaban J connectivity index is 1.97. The van der Waals surface area contributed by atoms with Crippen LogP contribution in [0.25, 0.3) is 0 Å². The fourth-order valence-corrected chi connectivity index (χ4v) is 2.39. The van der Waals surface area contributed by atoms with Crippen molar-refractivity contribution < 1.29 is 4.42 Å². The number of piperidine rings is 1. The van der Waals surface area contributed by atoms with Gasteiger partial charge in [-0.1, -0.05) is 6.92 Å². The molecule has 1 saturated heterocycles. The highest BCUT2D eigenvalue weighted by molar-refractivity contribution is 5.14. The summed E-state index contributed by atoms with van der Waals surface area (Å²) in [5, 5.41) is 3.47. The zero-order valence-electron chi connectivity index (χ0n) is 10.3. The van der Waals surface area contributed by atoms with E-state index in [1.165, 1.54) is 24.9 Å². The first kappa shape index (κ1) is 11.7. The van der Waals surface area contributed by atoms with Gasteiger partial charge in [-0.2, -0.15) is 0 Å². The minimum atomic E-state index is 0.670. The van der Waals surface area contributed by atoms with Crippen LogP contribution < -0.4 is 5.32 Å². The number of hydrogen-bond donors (Lipinski definition) is 1. The summed E-state index contributed by atoms with van der Waals surface area (Å²) in [5.41, 5.74) is 1.27. The Morgan fingerprint density at radius 3 is 3.00 bits per heavy atom. The molecule has 0 aliphatic carbocycles. The van der Waals surface area contributed by atoms with Crippen LogP contribution in [0.5, 0.6) is 0 Å². The molecule has 0 aromatic carbocycles. The quantitative estimate of drug-likeness (QED) is 0.846. The molecule has 2 rings (SSSR count). The van der Waals surface area contributed by atoms with Crippen LogP contribution in [0.15, 0.2) is 16.7 Å². The molecule has 1 aromatic heterocycles. The summed E-state index contributed by atoms with van der Waals surface area (Å²) in [5.74, 6) is 1.12. The maximum atomic E-state index is 5.53. The first-order valence-corrected chi connectivity index (χ1v) is 6.29. The predicted octanol–water partition coefficient (Wildman–Crippen LogP) is 2.16. The van der Waals surface area contributed by atoms with Crippen molar-refractivity contribution in [1.29, 1.82) is 0 Å². The van der Waals surface area contributed by atoms with Crippen LogP contribution in [-0.4, -0.2) is 30.6 Å². The van der Waals surface area contributed by atoms with Crippen molar-refractivity contribution in [3.63, 3.8) is 0 Å².